The van der Waals surface area contributed by atoms with Gasteiger partial charge in [0, 0.05) is 39.0 Å². The summed E-state index contributed by atoms with van der Waals surface area (Å²) in [5.41, 5.74) is 7.18. The molecule has 8 heteroatoms. The fraction of sp³-hybridized carbons (Fsp3) is 0.667. The molecule has 2 saturated heterocycles. The van der Waals surface area contributed by atoms with Crippen LogP contribution in [0.25, 0.3) is 0 Å². The second-order valence-electron chi connectivity index (χ2n) is 6.76. The number of pyridine rings is 1. The van der Waals surface area contributed by atoms with E-state index < -0.39 is 6.04 Å². The van der Waals surface area contributed by atoms with Gasteiger partial charge in [0.05, 0.1) is 6.04 Å². The highest BCUT2D eigenvalue weighted by Gasteiger charge is 2.26. The molecule has 0 aromatic carbocycles. The molecule has 2 aliphatic heterocycles. The number of ether oxygens (including phenoxy) is 1. The average Bonchev–Trinajstić information content (AvgIpc) is 2.67. The first kappa shape index (κ1) is 23.0. The lowest BCUT2D eigenvalue weighted by molar-refractivity contribution is -0.124. The monoisotopic (exact) mass is 404 g/mol. The van der Waals surface area contributed by atoms with Crippen molar-refractivity contribution in [2.45, 2.75) is 44.7 Å². The number of hydrogen-bond donors (Lipinski definition) is 2. The highest BCUT2D eigenvalue weighted by atomic mass is 35.5. The van der Waals surface area contributed by atoms with Gasteiger partial charge in [0.2, 0.25) is 5.91 Å². The van der Waals surface area contributed by atoms with Crippen molar-refractivity contribution in [3.63, 3.8) is 0 Å². The normalized spacial score (nSPS) is 19.0. The van der Waals surface area contributed by atoms with E-state index >= 15 is 0 Å². The van der Waals surface area contributed by atoms with Crippen molar-refractivity contribution in [3.05, 3.63) is 23.9 Å². The van der Waals surface area contributed by atoms with Crippen LogP contribution >= 0.6 is 24.8 Å². The minimum atomic E-state index is -0.447. The molecule has 1 atom stereocenters. The molecule has 1 unspecified atom stereocenters. The van der Waals surface area contributed by atoms with Crippen molar-refractivity contribution in [1.29, 1.82) is 0 Å². The van der Waals surface area contributed by atoms with Crippen LogP contribution in [0.2, 0.25) is 0 Å². The van der Waals surface area contributed by atoms with Crippen LogP contribution in [0, 0.1) is 5.92 Å². The van der Waals surface area contributed by atoms with E-state index in [9.17, 15) is 4.79 Å². The number of rotatable bonds is 5. The summed E-state index contributed by atoms with van der Waals surface area (Å²) in [7, 11) is 0. The molecular weight excluding hydrogens is 375 g/mol. The maximum Gasteiger partial charge on any atom is 0.237 e. The van der Waals surface area contributed by atoms with Gasteiger partial charge in [0.1, 0.15) is 5.82 Å². The standard InChI is InChI=1S/C18H28N4O2.2ClH/c19-17(15-5-10-24-11-6-15)18(23)21-13-14-4-7-20-16(12-14)22-8-2-1-3-9-22;;/h4,7,12,15,17H,1-3,5-6,8-11,13,19H2,(H,21,23);2*1H. The average molecular weight is 405 g/mol. The van der Waals surface area contributed by atoms with Gasteiger partial charge in [-0.1, -0.05) is 0 Å². The zero-order valence-electron chi connectivity index (χ0n) is 15.1. The van der Waals surface area contributed by atoms with Gasteiger partial charge in [-0.15, -0.1) is 24.8 Å². The minimum Gasteiger partial charge on any atom is -0.381 e. The lowest BCUT2D eigenvalue weighted by Gasteiger charge is -2.28. The molecule has 1 aromatic heterocycles. The first-order valence-corrected chi connectivity index (χ1v) is 9.05. The highest BCUT2D eigenvalue weighted by Crippen LogP contribution is 2.19. The molecule has 6 nitrogen and oxygen atoms in total. The van der Waals surface area contributed by atoms with Crippen molar-refractivity contribution in [2.24, 2.45) is 11.7 Å². The smallest absolute Gasteiger partial charge is 0.237 e. The molecule has 0 radical (unpaired) electrons. The zero-order valence-corrected chi connectivity index (χ0v) is 16.7. The van der Waals surface area contributed by atoms with Crippen molar-refractivity contribution >= 4 is 36.5 Å². The molecule has 3 rings (SSSR count). The summed E-state index contributed by atoms with van der Waals surface area (Å²) in [6.07, 6.45) is 7.30. The van der Waals surface area contributed by atoms with Crippen LogP contribution in [-0.4, -0.2) is 43.2 Å². The van der Waals surface area contributed by atoms with Crippen LogP contribution in [-0.2, 0) is 16.1 Å². The van der Waals surface area contributed by atoms with E-state index in [2.05, 4.69) is 21.3 Å². The maximum absolute atomic E-state index is 12.3. The van der Waals surface area contributed by atoms with Crippen molar-refractivity contribution in [1.82, 2.24) is 10.3 Å². The summed E-state index contributed by atoms with van der Waals surface area (Å²) in [5, 5.41) is 2.98. The van der Waals surface area contributed by atoms with E-state index in [1.807, 2.05) is 12.3 Å². The number of carbonyl (C=O) groups is 1. The largest absolute Gasteiger partial charge is 0.381 e. The Labute approximate surface area is 168 Å². The van der Waals surface area contributed by atoms with E-state index in [-0.39, 0.29) is 36.6 Å². The predicted molar refractivity (Wildman–Crippen MR) is 108 cm³/mol. The second kappa shape index (κ2) is 11.6. The quantitative estimate of drug-likeness (QED) is 0.786. The summed E-state index contributed by atoms with van der Waals surface area (Å²) in [6, 6.07) is 3.58. The lowest BCUT2D eigenvalue weighted by atomic mass is 9.92. The third-order valence-electron chi connectivity index (χ3n) is 5.03. The first-order valence-electron chi connectivity index (χ1n) is 9.05. The Morgan fingerprint density at radius 1 is 1.27 bits per heavy atom. The Morgan fingerprint density at radius 2 is 1.96 bits per heavy atom. The molecule has 3 N–H and O–H groups in total. The molecule has 1 aromatic rings. The molecule has 3 heterocycles. The molecule has 0 bridgehead atoms. The fourth-order valence-corrected chi connectivity index (χ4v) is 3.46. The van der Waals surface area contributed by atoms with Crippen molar-refractivity contribution < 1.29 is 9.53 Å². The van der Waals surface area contributed by atoms with Crippen LogP contribution in [0.1, 0.15) is 37.7 Å². The van der Waals surface area contributed by atoms with E-state index in [0.717, 1.165) is 37.3 Å². The summed E-state index contributed by atoms with van der Waals surface area (Å²) in [5.74, 6) is 1.16. The third-order valence-corrected chi connectivity index (χ3v) is 5.03. The number of halogens is 2. The zero-order chi connectivity index (χ0) is 16.8. The number of amides is 1. The lowest BCUT2D eigenvalue weighted by Crippen LogP contribution is -2.46. The van der Waals surface area contributed by atoms with Crippen LogP contribution in [0.5, 0.6) is 0 Å². The molecule has 1 amide bonds. The van der Waals surface area contributed by atoms with Gasteiger partial charge in [0.15, 0.2) is 0 Å². The maximum atomic E-state index is 12.3. The number of nitrogens with two attached hydrogens (primary N) is 1. The van der Waals surface area contributed by atoms with Gasteiger partial charge in [-0.2, -0.15) is 0 Å². The van der Waals surface area contributed by atoms with Crippen LogP contribution in [0.3, 0.4) is 0 Å². The van der Waals surface area contributed by atoms with E-state index in [4.69, 9.17) is 10.5 Å². The van der Waals surface area contributed by atoms with Crippen molar-refractivity contribution in [2.75, 3.05) is 31.2 Å². The first-order chi connectivity index (χ1) is 11.7. The Bertz CT molecular complexity index is 550. The molecule has 0 spiro atoms. The van der Waals surface area contributed by atoms with Gasteiger partial charge >= 0.3 is 0 Å². The Morgan fingerprint density at radius 3 is 2.65 bits per heavy atom. The van der Waals surface area contributed by atoms with Gasteiger partial charge < -0.3 is 20.7 Å². The summed E-state index contributed by atoms with van der Waals surface area (Å²) < 4.78 is 5.33. The van der Waals surface area contributed by atoms with E-state index in [1.165, 1.54) is 19.3 Å². The summed E-state index contributed by atoms with van der Waals surface area (Å²) in [6.45, 7) is 4.04. The van der Waals surface area contributed by atoms with E-state index in [1.54, 1.807) is 0 Å². The Hall–Kier alpha value is -1.08. The number of aromatic nitrogens is 1. The molecular formula is C18H30Cl2N4O2. The molecule has 0 aliphatic carbocycles. The Balaban J connectivity index is 0.00000169. The molecule has 148 valence electrons. The molecule has 0 saturated carbocycles. The molecule has 2 fully saturated rings. The SMILES string of the molecule is Cl.Cl.NC(C(=O)NCc1ccnc(N2CCCCC2)c1)C1CCOCC1. The number of piperidine rings is 1. The summed E-state index contributed by atoms with van der Waals surface area (Å²) >= 11 is 0. The predicted octanol–water partition coefficient (Wildman–Crippen LogP) is 2.29. The second-order valence-corrected chi connectivity index (χ2v) is 6.76. The number of carbonyl (C=O) groups excluding carboxylic acids is 1. The van der Waals surface area contributed by atoms with Crippen LogP contribution in [0.15, 0.2) is 18.3 Å². The number of nitrogens with zero attached hydrogens (tertiary/aromatic N) is 2. The van der Waals surface area contributed by atoms with Crippen molar-refractivity contribution in [3.8, 4) is 0 Å². The number of hydrogen-bond acceptors (Lipinski definition) is 5. The van der Waals surface area contributed by atoms with Gasteiger partial charge in [-0.25, -0.2) is 4.98 Å². The topological polar surface area (TPSA) is 80.5 Å². The van der Waals surface area contributed by atoms with E-state index in [0.29, 0.717) is 19.8 Å². The van der Waals surface area contributed by atoms with Gasteiger partial charge in [0.25, 0.3) is 0 Å². The van der Waals surface area contributed by atoms with Crippen LogP contribution < -0.4 is 16.0 Å². The van der Waals surface area contributed by atoms with Gasteiger partial charge in [-0.3, -0.25) is 4.79 Å². The van der Waals surface area contributed by atoms with Gasteiger partial charge in [-0.05, 0) is 55.7 Å². The molecule has 2 aliphatic rings. The van der Waals surface area contributed by atoms with Crippen LogP contribution in [0.4, 0.5) is 5.82 Å². The Kier molecular flexibility index (Phi) is 10.2. The number of nitrogens with one attached hydrogen (secondary N) is 1. The summed E-state index contributed by atoms with van der Waals surface area (Å²) in [4.78, 5) is 19.1. The highest BCUT2D eigenvalue weighted by molar-refractivity contribution is 5.85. The fourth-order valence-electron chi connectivity index (χ4n) is 3.46. The third kappa shape index (κ3) is 6.27. The minimum absolute atomic E-state index is 0. The number of anilines is 1. The molecule has 26 heavy (non-hydrogen) atoms.